The molecule has 1 fully saturated rings. The van der Waals surface area contributed by atoms with Crippen LogP contribution in [0.25, 0.3) is 11.0 Å². The van der Waals surface area contributed by atoms with E-state index in [-0.39, 0.29) is 38.1 Å². The monoisotopic (exact) mass is 467 g/mol. The van der Waals surface area contributed by atoms with Gasteiger partial charge < -0.3 is 4.90 Å². The number of halogens is 3. The van der Waals surface area contributed by atoms with Gasteiger partial charge in [-0.1, -0.05) is 0 Å². The zero-order chi connectivity index (χ0) is 23.2. The summed E-state index contributed by atoms with van der Waals surface area (Å²) in [6.45, 7) is 3.79. The standard InChI is InChI=1S/C20H20F3N5O3S/c1-12(2)28-19-13(11-25-28)9-14(10-24-19)20(29)26-5-7-27(8-6-26)32(30,31)16-4-3-15(21)17(22)18(16)23/h3-4,9-12H,5-8H2,1-2H3. The molecule has 3 aromatic rings. The summed E-state index contributed by atoms with van der Waals surface area (Å²) in [6.07, 6.45) is 3.07. The molecule has 0 unspecified atom stereocenters. The number of rotatable bonds is 4. The summed E-state index contributed by atoms with van der Waals surface area (Å²) in [5, 5.41) is 4.98. The highest BCUT2D eigenvalue weighted by molar-refractivity contribution is 7.89. The van der Waals surface area contributed by atoms with Crippen LogP contribution < -0.4 is 0 Å². The Balaban J connectivity index is 1.49. The third-order valence-corrected chi connectivity index (χ3v) is 7.23. The van der Waals surface area contributed by atoms with E-state index in [4.69, 9.17) is 0 Å². The van der Waals surface area contributed by atoms with Crippen molar-refractivity contribution in [2.24, 2.45) is 0 Å². The second-order valence-electron chi connectivity index (χ2n) is 7.69. The molecule has 1 amide bonds. The summed E-state index contributed by atoms with van der Waals surface area (Å²) in [7, 11) is -4.39. The van der Waals surface area contributed by atoms with Crippen molar-refractivity contribution in [1.29, 1.82) is 0 Å². The maximum Gasteiger partial charge on any atom is 0.255 e. The first-order valence-electron chi connectivity index (χ1n) is 9.87. The second-order valence-corrected chi connectivity index (χ2v) is 9.60. The third-order valence-electron chi connectivity index (χ3n) is 5.31. The molecule has 0 atom stereocenters. The summed E-state index contributed by atoms with van der Waals surface area (Å²) >= 11 is 0. The van der Waals surface area contributed by atoms with Gasteiger partial charge in [-0.2, -0.15) is 9.40 Å². The van der Waals surface area contributed by atoms with E-state index in [2.05, 4.69) is 10.1 Å². The number of piperazine rings is 1. The molecule has 0 saturated carbocycles. The van der Waals surface area contributed by atoms with Crippen LogP contribution in [0.15, 0.2) is 35.5 Å². The molecule has 0 radical (unpaired) electrons. The molecule has 0 aliphatic carbocycles. The molecule has 32 heavy (non-hydrogen) atoms. The van der Waals surface area contributed by atoms with Gasteiger partial charge in [0, 0.05) is 43.8 Å². The maximum atomic E-state index is 14.0. The minimum Gasteiger partial charge on any atom is -0.336 e. The molecular formula is C20H20F3N5O3S. The van der Waals surface area contributed by atoms with E-state index in [1.54, 1.807) is 16.9 Å². The van der Waals surface area contributed by atoms with E-state index in [1.165, 1.54) is 11.1 Å². The van der Waals surface area contributed by atoms with Gasteiger partial charge in [0.15, 0.2) is 23.1 Å². The van der Waals surface area contributed by atoms with Crippen molar-refractivity contribution in [3.63, 3.8) is 0 Å². The van der Waals surface area contributed by atoms with Gasteiger partial charge in [0.1, 0.15) is 4.90 Å². The lowest BCUT2D eigenvalue weighted by atomic mass is 10.2. The highest BCUT2D eigenvalue weighted by Gasteiger charge is 2.33. The van der Waals surface area contributed by atoms with Crippen molar-refractivity contribution in [3.05, 3.63) is 53.6 Å². The molecule has 170 valence electrons. The van der Waals surface area contributed by atoms with Crippen LogP contribution in [-0.4, -0.2) is 64.5 Å². The molecule has 0 N–H and O–H groups in total. The Morgan fingerprint density at radius 1 is 1.03 bits per heavy atom. The van der Waals surface area contributed by atoms with Crippen LogP contribution in [0.4, 0.5) is 13.2 Å². The molecule has 12 heteroatoms. The maximum absolute atomic E-state index is 14.0. The van der Waals surface area contributed by atoms with Gasteiger partial charge in [-0.25, -0.2) is 31.3 Å². The minimum absolute atomic E-state index is 0.0483. The fourth-order valence-corrected chi connectivity index (χ4v) is 5.07. The van der Waals surface area contributed by atoms with Gasteiger partial charge >= 0.3 is 0 Å². The fraction of sp³-hybridized carbons (Fsp3) is 0.350. The average Bonchev–Trinajstić information content (AvgIpc) is 3.20. The number of carbonyl (C=O) groups is 1. The second kappa shape index (κ2) is 8.17. The lowest BCUT2D eigenvalue weighted by molar-refractivity contribution is 0.0697. The van der Waals surface area contributed by atoms with Gasteiger partial charge in [-0.15, -0.1) is 0 Å². The number of hydrogen-bond acceptors (Lipinski definition) is 5. The zero-order valence-electron chi connectivity index (χ0n) is 17.3. The van der Waals surface area contributed by atoms with Crippen molar-refractivity contribution in [2.75, 3.05) is 26.2 Å². The van der Waals surface area contributed by atoms with Crippen molar-refractivity contribution in [3.8, 4) is 0 Å². The molecule has 0 bridgehead atoms. The van der Waals surface area contributed by atoms with Gasteiger partial charge in [0.05, 0.1) is 11.8 Å². The highest BCUT2D eigenvalue weighted by Crippen LogP contribution is 2.24. The molecule has 2 aromatic heterocycles. The number of pyridine rings is 1. The SMILES string of the molecule is CC(C)n1ncc2cc(C(=O)N3CCN(S(=O)(=O)c4ccc(F)c(F)c4F)CC3)cnc21. The van der Waals surface area contributed by atoms with Crippen molar-refractivity contribution < 1.29 is 26.4 Å². The molecule has 1 aliphatic rings. The molecule has 8 nitrogen and oxygen atoms in total. The van der Waals surface area contributed by atoms with E-state index in [0.717, 1.165) is 4.31 Å². The van der Waals surface area contributed by atoms with Crippen molar-refractivity contribution in [2.45, 2.75) is 24.8 Å². The third kappa shape index (κ3) is 3.73. The largest absolute Gasteiger partial charge is 0.336 e. The van der Waals surface area contributed by atoms with E-state index in [0.29, 0.717) is 28.7 Å². The van der Waals surface area contributed by atoms with Gasteiger partial charge in [0.25, 0.3) is 5.91 Å². The van der Waals surface area contributed by atoms with Gasteiger partial charge in [-0.05, 0) is 32.0 Å². The Kier molecular flexibility index (Phi) is 5.67. The number of hydrogen-bond donors (Lipinski definition) is 0. The normalized spacial score (nSPS) is 15.6. The van der Waals surface area contributed by atoms with Crippen LogP contribution in [0, 0.1) is 17.5 Å². The number of sulfonamides is 1. The summed E-state index contributed by atoms with van der Waals surface area (Å²) in [4.78, 5) is 17.7. The molecular weight excluding hydrogens is 447 g/mol. The highest BCUT2D eigenvalue weighted by atomic mass is 32.2. The van der Waals surface area contributed by atoms with Crippen molar-refractivity contribution in [1.82, 2.24) is 24.0 Å². The quantitative estimate of drug-likeness (QED) is 0.551. The molecule has 1 aliphatic heterocycles. The summed E-state index contributed by atoms with van der Waals surface area (Å²) in [5.74, 6) is -5.40. The summed E-state index contributed by atoms with van der Waals surface area (Å²) < 4.78 is 68.8. The van der Waals surface area contributed by atoms with E-state index in [9.17, 15) is 26.4 Å². The Labute approximate surface area is 182 Å². The van der Waals surface area contributed by atoms with Crippen molar-refractivity contribution >= 4 is 27.0 Å². The topological polar surface area (TPSA) is 88.4 Å². The average molecular weight is 467 g/mol. The number of amides is 1. The van der Waals surface area contributed by atoms with Crippen LogP contribution in [-0.2, 0) is 10.0 Å². The van der Waals surface area contributed by atoms with Gasteiger partial charge in [0.2, 0.25) is 10.0 Å². The number of fused-ring (bicyclic) bond motifs is 1. The fourth-order valence-electron chi connectivity index (χ4n) is 3.60. The summed E-state index contributed by atoms with van der Waals surface area (Å²) in [6, 6.07) is 3.04. The lowest BCUT2D eigenvalue weighted by Gasteiger charge is -2.34. The van der Waals surface area contributed by atoms with Crippen LogP contribution in [0.3, 0.4) is 0 Å². The molecule has 3 heterocycles. The number of benzene rings is 1. The first-order valence-corrected chi connectivity index (χ1v) is 11.3. The Bertz CT molecular complexity index is 1300. The predicted molar refractivity (Wildman–Crippen MR) is 109 cm³/mol. The van der Waals surface area contributed by atoms with Gasteiger partial charge in [-0.3, -0.25) is 4.79 Å². The number of carbonyl (C=O) groups excluding carboxylic acids is 1. The summed E-state index contributed by atoms with van der Waals surface area (Å²) in [5.41, 5.74) is 0.991. The zero-order valence-corrected chi connectivity index (χ0v) is 18.1. The minimum atomic E-state index is -4.39. The predicted octanol–water partition coefficient (Wildman–Crippen LogP) is 2.58. The Morgan fingerprint density at radius 2 is 1.72 bits per heavy atom. The Morgan fingerprint density at radius 3 is 2.38 bits per heavy atom. The van der Waals surface area contributed by atoms with Crippen LogP contribution in [0.2, 0.25) is 0 Å². The molecule has 1 saturated heterocycles. The smallest absolute Gasteiger partial charge is 0.255 e. The molecule has 1 aromatic carbocycles. The number of aromatic nitrogens is 3. The lowest BCUT2D eigenvalue weighted by Crippen LogP contribution is -2.50. The van der Waals surface area contributed by atoms with E-state index < -0.39 is 32.4 Å². The van der Waals surface area contributed by atoms with Crippen LogP contribution in [0.5, 0.6) is 0 Å². The van der Waals surface area contributed by atoms with Crippen LogP contribution >= 0.6 is 0 Å². The van der Waals surface area contributed by atoms with E-state index in [1.807, 2.05) is 13.8 Å². The molecule has 4 rings (SSSR count). The van der Waals surface area contributed by atoms with Crippen LogP contribution in [0.1, 0.15) is 30.2 Å². The first-order chi connectivity index (χ1) is 15.1. The Hall–Kier alpha value is -2.99. The van der Waals surface area contributed by atoms with E-state index >= 15 is 0 Å². The number of nitrogens with zero attached hydrogens (tertiary/aromatic N) is 5. The first kappa shape index (κ1) is 22.2. The molecule has 0 spiro atoms.